The van der Waals surface area contributed by atoms with Gasteiger partial charge in [0.05, 0.1) is 11.5 Å². The Balaban J connectivity index is 1.16. The maximum atomic E-state index is 11.3. The molecule has 1 fully saturated rings. The Morgan fingerprint density at radius 3 is 2.70 bits per heavy atom. The largest absolute Gasteiger partial charge is 0.381 e. The Kier molecular flexibility index (Phi) is 7.54. The Hall–Kier alpha value is -3.01. The van der Waals surface area contributed by atoms with Crippen LogP contribution >= 0.6 is 11.3 Å². The smallest absolute Gasteiger partial charge is 0.273 e. The van der Waals surface area contributed by atoms with Crippen molar-refractivity contribution in [3.63, 3.8) is 0 Å². The number of nitro benzene ring substituents is 1. The number of primary amides is 1. The van der Waals surface area contributed by atoms with Crippen molar-refractivity contribution in [3.8, 4) is 0 Å². The number of hydrogen-bond donors (Lipinski definition) is 1. The van der Waals surface area contributed by atoms with Gasteiger partial charge in [-0.05, 0) is 36.1 Å². The summed E-state index contributed by atoms with van der Waals surface area (Å²) in [5, 5.41) is 14.8. The number of nitro groups is 1. The SMILES string of the molecule is NC(=O)c1ccc(CCOCCCN2CCN(c3cccc4sccc34)CC2)c([N+](=O)[O-])c1. The molecule has 1 aliphatic rings. The second kappa shape index (κ2) is 10.7. The van der Waals surface area contributed by atoms with Gasteiger partial charge < -0.3 is 15.4 Å². The second-order valence-electron chi connectivity index (χ2n) is 8.12. The first-order chi connectivity index (χ1) is 16.0. The number of carbonyl (C=O) groups excluding carboxylic acids is 1. The molecule has 0 spiro atoms. The maximum absolute atomic E-state index is 11.3. The lowest BCUT2D eigenvalue weighted by atomic mass is 10.1. The van der Waals surface area contributed by atoms with Crippen molar-refractivity contribution in [1.82, 2.24) is 4.90 Å². The summed E-state index contributed by atoms with van der Waals surface area (Å²) in [5.41, 5.74) is 7.13. The molecular weight excluding hydrogens is 440 g/mol. The normalized spacial score (nSPS) is 14.6. The number of carbonyl (C=O) groups is 1. The Labute approximate surface area is 196 Å². The summed E-state index contributed by atoms with van der Waals surface area (Å²) in [5.74, 6) is -0.676. The zero-order chi connectivity index (χ0) is 23.2. The van der Waals surface area contributed by atoms with Crippen LogP contribution in [0.1, 0.15) is 22.3 Å². The molecule has 1 aromatic heterocycles. The first-order valence-corrected chi connectivity index (χ1v) is 12.0. The van der Waals surface area contributed by atoms with E-state index in [0.29, 0.717) is 25.2 Å². The molecular formula is C24H28N4O4S. The van der Waals surface area contributed by atoms with Crippen LogP contribution in [-0.4, -0.2) is 61.7 Å². The van der Waals surface area contributed by atoms with E-state index < -0.39 is 10.8 Å². The van der Waals surface area contributed by atoms with E-state index in [1.54, 1.807) is 17.4 Å². The molecule has 3 aromatic rings. The quantitative estimate of drug-likeness (QED) is 0.277. The van der Waals surface area contributed by atoms with Gasteiger partial charge in [0, 0.05) is 78.7 Å². The van der Waals surface area contributed by atoms with Gasteiger partial charge in [-0.3, -0.25) is 19.8 Å². The van der Waals surface area contributed by atoms with Gasteiger partial charge in [-0.1, -0.05) is 12.1 Å². The molecule has 2 aromatic carbocycles. The van der Waals surface area contributed by atoms with Crippen molar-refractivity contribution in [3.05, 3.63) is 69.1 Å². The maximum Gasteiger partial charge on any atom is 0.273 e. The van der Waals surface area contributed by atoms with Crippen LogP contribution in [0.15, 0.2) is 47.8 Å². The summed E-state index contributed by atoms with van der Waals surface area (Å²) in [6.45, 7) is 6.07. The van der Waals surface area contributed by atoms with Crippen molar-refractivity contribution < 1.29 is 14.5 Å². The molecule has 0 aliphatic carbocycles. The van der Waals surface area contributed by atoms with Crippen LogP contribution in [0.4, 0.5) is 11.4 Å². The number of fused-ring (bicyclic) bond motifs is 1. The molecule has 9 heteroatoms. The van der Waals surface area contributed by atoms with E-state index in [1.807, 2.05) is 0 Å². The van der Waals surface area contributed by atoms with Crippen molar-refractivity contribution >= 4 is 38.7 Å². The average molecular weight is 469 g/mol. The highest BCUT2D eigenvalue weighted by atomic mass is 32.1. The highest BCUT2D eigenvalue weighted by Gasteiger charge is 2.19. The topological polar surface area (TPSA) is 102 Å². The lowest BCUT2D eigenvalue weighted by molar-refractivity contribution is -0.385. The van der Waals surface area contributed by atoms with Gasteiger partial charge in [-0.25, -0.2) is 0 Å². The summed E-state index contributed by atoms with van der Waals surface area (Å²) in [7, 11) is 0. The van der Waals surface area contributed by atoms with Gasteiger partial charge in [-0.15, -0.1) is 11.3 Å². The number of thiophene rings is 1. The number of ether oxygens (including phenoxy) is 1. The molecule has 0 atom stereocenters. The van der Waals surface area contributed by atoms with E-state index in [-0.39, 0.29) is 11.3 Å². The minimum atomic E-state index is -0.676. The molecule has 4 rings (SSSR count). The molecule has 33 heavy (non-hydrogen) atoms. The van der Waals surface area contributed by atoms with Crippen LogP contribution in [0, 0.1) is 10.1 Å². The molecule has 0 unspecified atom stereocenters. The number of nitrogens with zero attached hydrogens (tertiary/aromatic N) is 3. The molecule has 0 radical (unpaired) electrons. The Bertz CT molecular complexity index is 1120. The summed E-state index contributed by atoms with van der Waals surface area (Å²) in [4.78, 5) is 27.0. The van der Waals surface area contributed by atoms with Crippen LogP contribution in [-0.2, 0) is 11.2 Å². The van der Waals surface area contributed by atoms with Gasteiger partial charge in [0.15, 0.2) is 0 Å². The van der Waals surface area contributed by atoms with Gasteiger partial charge in [-0.2, -0.15) is 0 Å². The zero-order valence-electron chi connectivity index (χ0n) is 18.4. The molecule has 2 heterocycles. The summed E-state index contributed by atoms with van der Waals surface area (Å²) >= 11 is 1.78. The monoisotopic (exact) mass is 468 g/mol. The third kappa shape index (κ3) is 5.68. The lowest BCUT2D eigenvalue weighted by Gasteiger charge is -2.36. The zero-order valence-corrected chi connectivity index (χ0v) is 19.3. The molecule has 0 bridgehead atoms. The number of hydrogen-bond acceptors (Lipinski definition) is 7. The standard InChI is InChI=1S/C24H28N4O4S/c25-24(29)19-6-5-18(22(17-19)28(30)31)7-15-32-14-2-9-26-10-12-27(13-11-26)21-3-1-4-23-20(21)8-16-33-23/h1,3-6,8,16-17H,2,7,9-15H2,(H2,25,29). The third-order valence-electron chi connectivity index (χ3n) is 6.03. The van der Waals surface area contributed by atoms with Crippen LogP contribution in [0.25, 0.3) is 10.1 Å². The fourth-order valence-electron chi connectivity index (χ4n) is 4.24. The fraction of sp³-hybridized carbons (Fsp3) is 0.375. The minimum absolute atomic E-state index is 0.0917. The highest BCUT2D eigenvalue weighted by Crippen LogP contribution is 2.31. The van der Waals surface area contributed by atoms with E-state index >= 15 is 0 Å². The van der Waals surface area contributed by atoms with Crippen molar-refractivity contribution in [2.24, 2.45) is 5.73 Å². The molecule has 174 valence electrons. The number of piperazine rings is 1. The van der Waals surface area contributed by atoms with E-state index in [2.05, 4.69) is 39.4 Å². The first kappa shape index (κ1) is 23.2. The second-order valence-corrected chi connectivity index (χ2v) is 9.07. The number of nitrogens with two attached hydrogens (primary N) is 1. The average Bonchev–Trinajstić information content (AvgIpc) is 3.30. The third-order valence-corrected chi connectivity index (χ3v) is 6.91. The lowest BCUT2D eigenvalue weighted by Crippen LogP contribution is -2.46. The minimum Gasteiger partial charge on any atom is -0.381 e. The van der Waals surface area contributed by atoms with Crippen molar-refractivity contribution in [2.75, 3.05) is 50.8 Å². The molecule has 2 N–H and O–H groups in total. The number of amides is 1. The Morgan fingerprint density at radius 1 is 1.12 bits per heavy atom. The molecule has 0 saturated carbocycles. The van der Waals surface area contributed by atoms with Crippen LogP contribution < -0.4 is 10.6 Å². The van der Waals surface area contributed by atoms with Crippen LogP contribution in [0.2, 0.25) is 0 Å². The number of rotatable bonds is 10. The molecule has 1 amide bonds. The van der Waals surface area contributed by atoms with Gasteiger partial charge in [0.25, 0.3) is 5.69 Å². The predicted octanol–water partition coefficient (Wildman–Crippen LogP) is 3.68. The summed E-state index contributed by atoms with van der Waals surface area (Å²) in [6, 6.07) is 13.1. The van der Waals surface area contributed by atoms with Gasteiger partial charge >= 0.3 is 0 Å². The van der Waals surface area contributed by atoms with Gasteiger partial charge in [0.1, 0.15) is 0 Å². The van der Waals surface area contributed by atoms with Crippen LogP contribution in [0.3, 0.4) is 0 Å². The van der Waals surface area contributed by atoms with E-state index in [9.17, 15) is 14.9 Å². The van der Waals surface area contributed by atoms with E-state index in [0.717, 1.165) is 39.1 Å². The number of benzene rings is 2. The Morgan fingerprint density at radius 2 is 1.94 bits per heavy atom. The fourth-order valence-corrected chi connectivity index (χ4v) is 5.05. The van der Waals surface area contributed by atoms with E-state index in [1.165, 1.54) is 27.9 Å². The predicted molar refractivity (Wildman–Crippen MR) is 131 cm³/mol. The molecule has 1 aliphatic heterocycles. The van der Waals surface area contributed by atoms with E-state index in [4.69, 9.17) is 10.5 Å². The molecule has 1 saturated heterocycles. The highest BCUT2D eigenvalue weighted by molar-refractivity contribution is 7.17. The summed E-state index contributed by atoms with van der Waals surface area (Å²) < 4.78 is 7.06. The molecule has 8 nitrogen and oxygen atoms in total. The number of anilines is 1. The van der Waals surface area contributed by atoms with Crippen molar-refractivity contribution in [2.45, 2.75) is 12.8 Å². The van der Waals surface area contributed by atoms with Crippen molar-refractivity contribution in [1.29, 1.82) is 0 Å². The summed E-state index contributed by atoms with van der Waals surface area (Å²) in [6.07, 6.45) is 1.34. The van der Waals surface area contributed by atoms with Gasteiger partial charge in [0.2, 0.25) is 5.91 Å². The van der Waals surface area contributed by atoms with Crippen LogP contribution in [0.5, 0.6) is 0 Å². The first-order valence-electron chi connectivity index (χ1n) is 11.1.